The quantitative estimate of drug-likeness (QED) is 0.831. The maximum atomic E-state index is 9.86. The zero-order valence-corrected chi connectivity index (χ0v) is 11.8. The van der Waals surface area contributed by atoms with E-state index in [1.54, 1.807) is 26.0 Å². The topological polar surface area (TPSA) is 49.5 Å². The van der Waals surface area contributed by atoms with Gasteiger partial charge in [0.2, 0.25) is 0 Å². The smallest absolute Gasteiger partial charge is 0.0765 e. The summed E-state index contributed by atoms with van der Waals surface area (Å²) in [4.78, 5) is 1.93. The number of nitrogen functional groups attached to an aromatic ring is 1. The molecule has 0 amide bonds. The molecule has 0 atom stereocenters. The SMILES string of the molecule is CCN(CC(C)(C)O)c1c(Cl)cc(N)cc1Cl. The molecule has 1 rings (SSSR count). The van der Waals surface area contributed by atoms with Crippen molar-refractivity contribution in [1.82, 2.24) is 0 Å². The molecule has 0 spiro atoms. The molecule has 3 nitrogen and oxygen atoms in total. The first-order valence-electron chi connectivity index (χ1n) is 5.46. The van der Waals surface area contributed by atoms with E-state index in [0.717, 1.165) is 0 Å². The average Bonchev–Trinajstić information content (AvgIpc) is 2.12. The summed E-state index contributed by atoms with van der Waals surface area (Å²) in [6.45, 7) is 6.62. The van der Waals surface area contributed by atoms with E-state index in [9.17, 15) is 5.11 Å². The van der Waals surface area contributed by atoms with Crippen molar-refractivity contribution >= 4 is 34.6 Å². The van der Waals surface area contributed by atoms with Crippen LogP contribution in [0, 0.1) is 0 Å². The van der Waals surface area contributed by atoms with Gasteiger partial charge in [-0.3, -0.25) is 0 Å². The minimum absolute atomic E-state index is 0.451. The number of hydrogen-bond donors (Lipinski definition) is 2. The molecule has 0 aliphatic heterocycles. The van der Waals surface area contributed by atoms with Gasteiger partial charge in [-0.1, -0.05) is 23.2 Å². The van der Waals surface area contributed by atoms with Gasteiger partial charge in [0, 0.05) is 18.8 Å². The van der Waals surface area contributed by atoms with Crippen LogP contribution in [0.3, 0.4) is 0 Å². The third kappa shape index (κ3) is 3.95. The van der Waals surface area contributed by atoms with Crippen molar-refractivity contribution in [2.75, 3.05) is 23.7 Å². The minimum Gasteiger partial charge on any atom is -0.399 e. The lowest BCUT2D eigenvalue weighted by Crippen LogP contribution is -2.38. The Hall–Kier alpha value is -0.640. The molecule has 0 heterocycles. The zero-order valence-electron chi connectivity index (χ0n) is 10.3. The number of likely N-dealkylation sites (N-methyl/N-ethyl adjacent to an activating group) is 1. The monoisotopic (exact) mass is 276 g/mol. The van der Waals surface area contributed by atoms with E-state index in [1.165, 1.54) is 0 Å². The Morgan fingerprint density at radius 2 is 1.76 bits per heavy atom. The summed E-state index contributed by atoms with van der Waals surface area (Å²) < 4.78 is 0. The van der Waals surface area contributed by atoms with Gasteiger partial charge in [-0.15, -0.1) is 0 Å². The van der Waals surface area contributed by atoms with Gasteiger partial charge in [-0.2, -0.15) is 0 Å². The third-order valence-electron chi connectivity index (χ3n) is 2.31. The molecule has 0 radical (unpaired) electrons. The Bertz CT molecular complexity index is 379. The zero-order chi connectivity index (χ0) is 13.2. The van der Waals surface area contributed by atoms with Crippen LogP contribution >= 0.6 is 23.2 Å². The Kier molecular flexibility index (Phi) is 4.53. The predicted molar refractivity (Wildman–Crippen MR) is 75.1 cm³/mol. The summed E-state index contributed by atoms with van der Waals surface area (Å²) >= 11 is 12.3. The number of halogens is 2. The van der Waals surface area contributed by atoms with Crippen molar-refractivity contribution in [1.29, 1.82) is 0 Å². The van der Waals surface area contributed by atoms with Crippen LogP contribution in [-0.4, -0.2) is 23.8 Å². The maximum Gasteiger partial charge on any atom is 0.0765 e. The molecular formula is C12H18Cl2N2O. The number of hydrogen-bond acceptors (Lipinski definition) is 3. The number of rotatable bonds is 4. The van der Waals surface area contributed by atoms with Gasteiger partial charge < -0.3 is 15.7 Å². The van der Waals surface area contributed by atoms with Crippen LogP contribution in [0.1, 0.15) is 20.8 Å². The minimum atomic E-state index is -0.815. The predicted octanol–water partition coefficient (Wildman–Crippen LogP) is 3.17. The van der Waals surface area contributed by atoms with Crippen molar-refractivity contribution < 1.29 is 5.11 Å². The lowest BCUT2D eigenvalue weighted by Gasteiger charge is -2.31. The molecule has 0 aliphatic carbocycles. The molecule has 0 saturated heterocycles. The first-order valence-corrected chi connectivity index (χ1v) is 6.22. The van der Waals surface area contributed by atoms with Crippen molar-refractivity contribution in [2.45, 2.75) is 26.4 Å². The van der Waals surface area contributed by atoms with E-state index < -0.39 is 5.60 Å². The Morgan fingerprint density at radius 3 is 2.12 bits per heavy atom. The molecule has 5 heteroatoms. The van der Waals surface area contributed by atoms with Crippen molar-refractivity contribution in [2.24, 2.45) is 0 Å². The third-order valence-corrected chi connectivity index (χ3v) is 2.89. The van der Waals surface area contributed by atoms with Crippen LogP contribution in [0.15, 0.2) is 12.1 Å². The number of nitrogens with two attached hydrogens (primary N) is 1. The van der Waals surface area contributed by atoms with E-state index in [-0.39, 0.29) is 0 Å². The Morgan fingerprint density at radius 1 is 1.29 bits per heavy atom. The van der Waals surface area contributed by atoms with Crippen molar-refractivity contribution in [3.63, 3.8) is 0 Å². The lowest BCUT2D eigenvalue weighted by atomic mass is 10.1. The molecule has 0 unspecified atom stereocenters. The molecule has 0 saturated carbocycles. The second kappa shape index (κ2) is 5.34. The first-order chi connectivity index (χ1) is 7.74. The van der Waals surface area contributed by atoms with Gasteiger partial charge in [0.25, 0.3) is 0 Å². The largest absolute Gasteiger partial charge is 0.399 e. The molecule has 0 aliphatic rings. The van der Waals surface area contributed by atoms with Crippen LogP contribution in [0.5, 0.6) is 0 Å². The number of nitrogens with zero attached hydrogens (tertiary/aromatic N) is 1. The first kappa shape index (κ1) is 14.4. The van der Waals surface area contributed by atoms with E-state index in [0.29, 0.717) is 34.5 Å². The summed E-state index contributed by atoms with van der Waals surface area (Å²) in [5, 5.41) is 10.9. The maximum absolute atomic E-state index is 9.86. The van der Waals surface area contributed by atoms with E-state index in [4.69, 9.17) is 28.9 Å². The van der Waals surface area contributed by atoms with Crippen LogP contribution < -0.4 is 10.6 Å². The highest BCUT2D eigenvalue weighted by molar-refractivity contribution is 6.39. The van der Waals surface area contributed by atoms with Gasteiger partial charge in [0.05, 0.1) is 21.3 Å². The standard InChI is InChI=1S/C12H18Cl2N2O/c1-4-16(7-12(2,3)17)11-9(13)5-8(15)6-10(11)14/h5-6,17H,4,7,15H2,1-3H3. The van der Waals surface area contributed by atoms with Crippen LogP contribution in [0.2, 0.25) is 10.0 Å². The number of aliphatic hydroxyl groups is 1. The molecule has 1 aromatic rings. The molecule has 96 valence electrons. The molecular weight excluding hydrogens is 259 g/mol. The average molecular weight is 277 g/mol. The van der Waals surface area contributed by atoms with E-state index >= 15 is 0 Å². The molecule has 0 bridgehead atoms. The number of benzene rings is 1. The number of anilines is 2. The molecule has 0 aromatic heterocycles. The Labute approximate surface area is 112 Å². The highest BCUT2D eigenvalue weighted by atomic mass is 35.5. The molecule has 1 aromatic carbocycles. The van der Waals surface area contributed by atoms with E-state index in [1.807, 2.05) is 11.8 Å². The molecule has 0 fully saturated rings. The fourth-order valence-corrected chi connectivity index (χ4v) is 2.45. The van der Waals surface area contributed by atoms with Gasteiger partial charge in [-0.25, -0.2) is 0 Å². The summed E-state index contributed by atoms with van der Waals surface area (Å²) in [7, 11) is 0. The van der Waals surface area contributed by atoms with Crippen molar-refractivity contribution in [3.05, 3.63) is 22.2 Å². The van der Waals surface area contributed by atoms with Gasteiger partial charge in [-0.05, 0) is 32.9 Å². The van der Waals surface area contributed by atoms with Gasteiger partial charge in [0.15, 0.2) is 0 Å². The second-order valence-electron chi connectivity index (χ2n) is 4.66. The fraction of sp³-hybridized carbons (Fsp3) is 0.500. The fourth-order valence-electron chi connectivity index (χ4n) is 1.70. The van der Waals surface area contributed by atoms with Crippen molar-refractivity contribution in [3.8, 4) is 0 Å². The summed E-state index contributed by atoms with van der Waals surface area (Å²) in [6, 6.07) is 3.33. The van der Waals surface area contributed by atoms with Gasteiger partial charge >= 0.3 is 0 Å². The van der Waals surface area contributed by atoms with Gasteiger partial charge in [0.1, 0.15) is 0 Å². The molecule has 17 heavy (non-hydrogen) atoms. The highest BCUT2D eigenvalue weighted by Crippen LogP contribution is 2.36. The lowest BCUT2D eigenvalue weighted by molar-refractivity contribution is 0.0876. The highest BCUT2D eigenvalue weighted by Gasteiger charge is 2.21. The van der Waals surface area contributed by atoms with E-state index in [2.05, 4.69) is 0 Å². The van der Waals surface area contributed by atoms with Crippen LogP contribution in [-0.2, 0) is 0 Å². The summed E-state index contributed by atoms with van der Waals surface area (Å²) in [5.74, 6) is 0. The normalized spacial score (nSPS) is 11.6. The summed E-state index contributed by atoms with van der Waals surface area (Å²) in [6.07, 6.45) is 0. The molecule has 3 N–H and O–H groups in total. The van der Waals surface area contributed by atoms with Crippen LogP contribution in [0.4, 0.5) is 11.4 Å². The summed E-state index contributed by atoms with van der Waals surface area (Å²) in [5.41, 5.74) is 6.09. The second-order valence-corrected chi connectivity index (χ2v) is 5.47. The van der Waals surface area contributed by atoms with Crippen LogP contribution in [0.25, 0.3) is 0 Å². The Balaban J connectivity index is 3.12.